The van der Waals surface area contributed by atoms with Crippen molar-refractivity contribution in [3.8, 4) is 16.9 Å². The van der Waals surface area contributed by atoms with Gasteiger partial charge in [0, 0.05) is 29.1 Å². The zero-order valence-electron chi connectivity index (χ0n) is 27.0. The number of aryl methyl sites for hydroxylation is 2. The number of hydrogen-bond donors (Lipinski definition) is 4. The summed E-state index contributed by atoms with van der Waals surface area (Å²) in [6.07, 6.45) is 3.89. The molecule has 5 N–H and O–H groups in total. The average molecular weight is 610 g/mol. The summed E-state index contributed by atoms with van der Waals surface area (Å²) < 4.78 is 18.4. The van der Waals surface area contributed by atoms with Crippen LogP contribution >= 0.6 is 0 Å². The molecule has 1 atom stereocenters. The van der Waals surface area contributed by atoms with Crippen LogP contribution in [0, 0.1) is 12.7 Å². The van der Waals surface area contributed by atoms with E-state index in [0.717, 1.165) is 22.4 Å². The number of carbonyl (C=O) groups excluding carboxylic acids is 3. The molecule has 11 heteroatoms. The van der Waals surface area contributed by atoms with E-state index >= 15 is 0 Å². The van der Waals surface area contributed by atoms with Crippen molar-refractivity contribution in [1.29, 1.82) is 0 Å². The number of pyridine rings is 2. The number of aliphatic hydroxyl groups excluding tert-OH is 1. The van der Waals surface area contributed by atoms with Crippen LogP contribution in [0.5, 0.6) is 5.75 Å². The number of aliphatic hydroxyl groups is 1. The minimum atomic E-state index is -1.47. The Morgan fingerprint density at radius 3 is 2.20 bits per heavy atom. The normalized spacial score (nSPS) is 15.3. The number of nitrogen functional groups attached to an aromatic ring is 1. The highest BCUT2D eigenvalue weighted by Crippen LogP contribution is 2.27. The molecular formula is C33H44FN5O5. The molecule has 10 nitrogen and oxygen atoms in total. The molecule has 0 spiro atoms. The van der Waals surface area contributed by atoms with Crippen molar-refractivity contribution in [2.24, 2.45) is 0 Å². The van der Waals surface area contributed by atoms with E-state index in [-0.39, 0.29) is 29.3 Å². The highest BCUT2D eigenvalue weighted by Gasteiger charge is 2.48. The fraction of sp³-hybridized carbons (Fsp3) is 0.364. The minimum Gasteiger partial charge on any atom is -0.509 e. The highest BCUT2D eigenvalue weighted by molar-refractivity contribution is 6.09. The van der Waals surface area contributed by atoms with Crippen LogP contribution in [0.25, 0.3) is 17.2 Å². The van der Waals surface area contributed by atoms with Gasteiger partial charge in [-0.25, -0.2) is 14.2 Å². The number of rotatable bonds is 7. The highest BCUT2D eigenvalue weighted by atomic mass is 19.1. The summed E-state index contributed by atoms with van der Waals surface area (Å²) in [5, 5.41) is 15.1. The SMILES string of the molecule is CC.CC.CC[C@@]1(/C(O)=C/c2ccc(-c3ccc(N)nc3)c(C)n2)NC(=O)NC1=O.CCc1ccc(OC)c(F)c1C(C)=O. The number of nitrogens with zero attached hydrogens (tertiary/aromatic N) is 2. The lowest BCUT2D eigenvalue weighted by Gasteiger charge is -2.23. The number of carbonyl (C=O) groups is 3. The summed E-state index contributed by atoms with van der Waals surface area (Å²) in [5.74, 6) is -1.12. The number of amides is 3. The van der Waals surface area contributed by atoms with Gasteiger partial charge in [-0.05, 0) is 56.5 Å². The standard InChI is InChI=1S/C18H19N5O3.C11H13FO2.2C2H6/c1-3-18(16(25)22-17(26)23-18)14(24)8-12-5-6-13(10(2)21-12)11-4-7-15(19)20-9-11;1-4-8-5-6-9(14-3)11(12)10(8)7(2)13;2*1-2/h4-9,24H,3H2,1-2H3,(H2,19,20)(H2,22,23,25,26);5-6H,4H2,1-3H3;2*1-2H3/b14-8-;;;/t18-;;;/m0.../s1. The predicted octanol–water partition coefficient (Wildman–Crippen LogP) is 6.57. The van der Waals surface area contributed by atoms with Gasteiger partial charge >= 0.3 is 6.03 Å². The Bertz CT molecular complexity index is 1470. The summed E-state index contributed by atoms with van der Waals surface area (Å²) >= 11 is 0. The molecule has 4 rings (SSSR count). The third kappa shape index (κ3) is 8.62. The van der Waals surface area contributed by atoms with Crippen LogP contribution in [0.15, 0.2) is 48.4 Å². The Morgan fingerprint density at radius 2 is 1.75 bits per heavy atom. The van der Waals surface area contributed by atoms with Crippen molar-refractivity contribution in [1.82, 2.24) is 20.6 Å². The Hall–Kier alpha value is -4.80. The number of nitrogens with one attached hydrogen (secondary N) is 2. The number of nitrogens with two attached hydrogens (primary N) is 1. The Balaban J connectivity index is 0.000000455. The molecule has 1 aliphatic heterocycles. The largest absolute Gasteiger partial charge is 0.509 e. The van der Waals surface area contributed by atoms with E-state index in [0.29, 0.717) is 17.9 Å². The van der Waals surface area contributed by atoms with E-state index < -0.39 is 23.3 Å². The van der Waals surface area contributed by atoms with Gasteiger partial charge in [-0.15, -0.1) is 0 Å². The molecule has 2 aromatic heterocycles. The Morgan fingerprint density at radius 1 is 1.09 bits per heavy atom. The van der Waals surface area contributed by atoms with Gasteiger partial charge in [0.05, 0.1) is 18.4 Å². The maximum atomic E-state index is 13.6. The second kappa shape index (κ2) is 17.3. The molecule has 0 radical (unpaired) electrons. The van der Waals surface area contributed by atoms with Gasteiger partial charge in [0.15, 0.2) is 22.9 Å². The van der Waals surface area contributed by atoms with E-state index in [2.05, 4.69) is 20.6 Å². The molecule has 3 heterocycles. The maximum Gasteiger partial charge on any atom is 0.322 e. The van der Waals surface area contributed by atoms with Crippen LogP contribution in [0.4, 0.5) is 15.0 Å². The van der Waals surface area contributed by atoms with Crippen molar-refractivity contribution in [3.05, 3.63) is 76.7 Å². The van der Waals surface area contributed by atoms with Crippen LogP contribution < -0.4 is 21.1 Å². The number of methoxy groups -OCH3 is 1. The monoisotopic (exact) mass is 609 g/mol. The number of imide groups is 1. The first kappa shape index (κ1) is 37.2. The number of hydrogen-bond acceptors (Lipinski definition) is 8. The summed E-state index contributed by atoms with van der Waals surface area (Å²) in [6.45, 7) is 14.8. The number of aromatic nitrogens is 2. The molecule has 3 amide bonds. The third-order valence-corrected chi connectivity index (χ3v) is 6.54. The first-order valence-electron chi connectivity index (χ1n) is 14.6. The number of ether oxygens (including phenoxy) is 1. The second-order valence-corrected chi connectivity index (χ2v) is 9.06. The smallest absolute Gasteiger partial charge is 0.322 e. The van der Waals surface area contributed by atoms with Crippen LogP contribution in [0.2, 0.25) is 0 Å². The third-order valence-electron chi connectivity index (χ3n) is 6.54. The molecule has 0 saturated carbocycles. The van der Waals surface area contributed by atoms with E-state index in [1.165, 1.54) is 20.1 Å². The van der Waals surface area contributed by atoms with E-state index in [9.17, 15) is 23.9 Å². The van der Waals surface area contributed by atoms with Gasteiger partial charge in [-0.2, -0.15) is 0 Å². The number of ketones is 1. The van der Waals surface area contributed by atoms with Gasteiger partial charge in [0.1, 0.15) is 11.6 Å². The molecule has 1 aliphatic rings. The van der Waals surface area contributed by atoms with Gasteiger partial charge in [-0.1, -0.05) is 53.7 Å². The van der Waals surface area contributed by atoms with Crippen molar-refractivity contribution >= 4 is 29.6 Å². The number of urea groups is 1. The Kier molecular flexibility index (Phi) is 14.7. The van der Waals surface area contributed by atoms with Crippen LogP contribution in [0.3, 0.4) is 0 Å². The zero-order valence-corrected chi connectivity index (χ0v) is 27.0. The zero-order chi connectivity index (χ0) is 33.6. The van der Waals surface area contributed by atoms with E-state index in [4.69, 9.17) is 10.5 Å². The van der Waals surface area contributed by atoms with Crippen LogP contribution in [0.1, 0.15) is 82.2 Å². The molecular weight excluding hydrogens is 565 g/mol. The number of halogens is 1. The molecule has 0 unspecified atom stereocenters. The Labute approximate surface area is 259 Å². The number of anilines is 1. The minimum absolute atomic E-state index is 0.118. The van der Waals surface area contributed by atoms with Crippen LogP contribution in [-0.4, -0.2) is 45.4 Å². The summed E-state index contributed by atoms with van der Waals surface area (Å²) in [6, 6.07) is 9.75. The lowest BCUT2D eigenvalue weighted by atomic mass is 9.93. The van der Waals surface area contributed by atoms with Crippen LogP contribution in [-0.2, 0) is 11.2 Å². The molecule has 1 fully saturated rings. The molecule has 3 aromatic rings. The number of benzene rings is 1. The first-order chi connectivity index (χ1) is 21.0. The van der Waals surface area contributed by atoms with E-state index in [1.807, 2.05) is 53.7 Å². The second-order valence-electron chi connectivity index (χ2n) is 9.06. The quantitative estimate of drug-likeness (QED) is 0.133. The summed E-state index contributed by atoms with van der Waals surface area (Å²) in [5.41, 5.74) is 7.95. The summed E-state index contributed by atoms with van der Waals surface area (Å²) in [4.78, 5) is 43.3. The maximum absolute atomic E-state index is 13.6. The molecule has 1 aromatic carbocycles. The van der Waals surface area contributed by atoms with E-state index in [1.54, 1.807) is 37.4 Å². The fourth-order valence-corrected chi connectivity index (χ4v) is 4.33. The van der Waals surface area contributed by atoms with Gasteiger partial charge in [0.2, 0.25) is 0 Å². The molecule has 0 bridgehead atoms. The molecule has 44 heavy (non-hydrogen) atoms. The van der Waals surface area contributed by atoms with Gasteiger partial charge in [-0.3, -0.25) is 19.9 Å². The van der Waals surface area contributed by atoms with Crippen molar-refractivity contribution in [2.45, 2.75) is 73.8 Å². The fourth-order valence-electron chi connectivity index (χ4n) is 4.33. The number of Topliss-reactive ketones (excluding diaryl/α,β-unsaturated/α-hetero) is 1. The topological polar surface area (TPSA) is 157 Å². The van der Waals surface area contributed by atoms with Crippen molar-refractivity contribution < 1.29 is 28.6 Å². The molecule has 0 aliphatic carbocycles. The van der Waals surface area contributed by atoms with Crippen molar-refractivity contribution in [3.63, 3.8) is 0 Å². The molecule has 238 valence electrons. The van der Waals surface area contributed by atoms with Gasteiger partial charge in [0.25, 0.3) is 5.91 Å². The summed E-state index contributed by atoms with van der Waals surface area (Å²) in [7, 11) is 1.38. The van der Waals surface area contributed by atoms with Gasteiger partial charge < -0.3 is 20.9 Å². The van der Waals surface area contributed by atoms with Crippen molar-refractivity contribution in [2.75, 3.05) is 12.8 Å². The first-order valence-corrected chi connectivity index (χ1v) is 14.6. The molecule has 1 saturated heterocycles. The lowest BCUT2D eigenvalue weighted by Crippen LogP contribution is -2.48. The average Bonchev–Trinajstić information content (AvgIpc) is 3.33. The lowest BCUT2D eigenvalue weighted by molar-refractivity contribution is -0.123. The predicted molar refractivity (Wildman–Crippen MR) is 172 cm³/mol.